The fourth-order valence-corrected chi connectivity index (χ4v) is 2.01. The summed E-state index contributed by atoms with van der Waals surface area (Å²) < 4.78 is 13.2. The van der Waals surface area contributed by atoms with Crippen molar-refractivity contribution in [3.63, 3.8) is 0 Å². The molecule has 2 aromatic rings. The van der Waals surface area contributed by atoms with E-state index < -0.39 is 11.8 Å². The highest BCUT2D eigenvalue weighted by Gasteiger charge is 2.11. The summed E-state index contributed by atoms with van der Waals surface area (Å²) in [6.45, 7) is 0. The van der Waals surface area contributed by atoms with E-state index in [4.69, 9.17) is 28.3 Å². The number of benzene rings is 2. The molecule has 2 nitrogen and oxygen atoms in total. The van der Waals surface area contributed by atoms with Gasteiger partial charge in [-0.1, -0.05) is 29.3 Å². The number of halogens is 3. The lowest BCUT2D eigenvalue weighted by Gasteiger charge is -2.06. The molecule has 2 aromatic carbocycles. The van der Waals surface area contributed by atoms with E-state index in [-0.39, 0.29) is 15.6 Å². The molecule has 0 saturated heterocycles. The van der Waals surface area contributed by atoms with Crippen LogP contribution in [-0.4, -0.2) is 11.1 Å². The molecule has 0 aromatic heterocycles. The van der Waals surface area contributed by atoms with Crippen LogP contribution in [0.3, 0.4) is 0 Å². The second kappa shape index (κ2) is 4.96. The lowest BCUT2D eigenvalue weighted by Crippen LogP contribution is -1.97. The number of carboxylic acid groups (broad SMARTS) is 1. The van der Waals surface area contributed by atoms with Crippen LogP contribution in [0.2, 0.25) is 10.0 Å². The molecular formula is C13H7Cl2FO2. The zero-order valence-electron chi connectivity index (χ0n) is 8.95. The van der Waals surface area contributed by atoms with E-state index in [0.717, 1.165) is 0 Å². The molecule has 0 aliphatic rings. The lowest BCUT2D eigenvalue weighted by atomic mass is 10.0. The van der Waals surface area contributed by atoms with Crippen LogP contribution in [0, 0.1) is 5.82 Å². The highest BCUT2D eigenvalue weighted by Crippen LogP contribution is 2.28. The Labute approximate surface area is 113 Å². The van der Waals surface area contributed by atoms with Gasteiger partial charge in [-0.05, 0) is 41.5 Å². The van der Waals surface area contributed by atoms with Gasteiger partial charge in [-0.3, -0.25) is 0 Å². The van der Waals surface area contributed by atoms with Crippen molar-refractivity contribution in [3.8, 4) is 11.1 Å². The molecule has 1 N–H and O–H groups in total. The van der Waals surface area contributed by atoms with Gasteiger partial charge in [0, 0.05) is 5.02 Å². The van der Waals surface area contributed by atoms with Gasteiger partial charge in [-0.2, -0.15) is 0 Å². The van der Waals surface area contributed by atoms with Crippen LogP contribution in [0.5, 0.6) is 0 Å². The highest BCUT2D eigenvalue weighted by atomic mass is 35.5. The predicted octanol–water partition coefficient (Wildman–Crippen LogP) is 4.50. The first-order valence-corrected chi connectivity index (χ1v) is 5.72. The Balaban J connectivity index is 2.57. The monoisotopic (exact) mass is 284 g/mol. The third-order valence-corrected chi connectivity index (χ3v) is 2.94. The van der Waals surface area contributed by atoms with Crippen LogP contribution in [0.15, 0.2) is 36.4 Å². The zero-order valence-corrected chi connectivity index (χ0v) is 10.5. The third kappa shape index (κ3) is 2.63. The number of aromatic carboxylic acids is 1. The largest absolute Gasteiger partial charge is 0.478 e. The quantitative estimate of drug-likeness (QED) is 0.882. The molecule has 0 bridgehead atoms. The van der Waals surface area contributed by atoms with Gasteiger partial charge in [0.15, 0.2) is 0 Å². The van der Waals surface area contributed by atoms with Gasteiger partial charge in [0.1, 0.15) is 5.82 Å². The Morgan fingerprint density at radius 1 is 1.06 bits per heavy atom. The molecular weight excluding hydrogens is 278 g/mol. The van der Waals surface area contributed by atoms with E-state index in [9.17, 15) is 9.18 Å². The summed E-state index contributed by atoms with van der Waals surface area (Å²) in [5.41, 5.74) is 1.01. The normalized spacial score (nSPS) is 10.4. The fourth-order valence-electron chi connectivity index (χ4n) is 1.59. The average Bonchev–Trinajstić information content (AvgIpc) is 2.27. The summed E-state index contributed by atoms with van der Waals surface area (Å²) in [7, 11) is 0. The first-order valence-electron chi connectivity index (χ1n) is 4.96. The second-order valence-electron chi connectivity index (χ2n) is 3.66. The Morgan fingerprint density at radius 2 is 1.78 bits per heavy atom. The van der Waals surface area contributed by atoms with E-state index in [1.165, 1.54) is 24.3 Å². The van der Waals surface area contributed by atoms with Crippen molar-refractivity contribution in [2.75, 3.05) is 0 Å². The molecule has 0 radical (unpaired) electrons. The van der Waals surface area contributed by atoms with Crippen LogP contribution < -0.4 is 0 Å². The van der Waals surface area contributed by atoms with E-state index >= 15 is 0 Å². The van der Waals surface area contributed by atoms with Crippen molar-refractivity contribution in [3.05, 3.63) is 57.8 Å². The van der Waals surface area contributed by atoms with Gasteiger partial charge in [0.2, 0.25) is 0 Å². The van der Waals surface area contributed by atoms with Gasteiger partial charge in [-0.25, -0.2) is 9.18 Å². The predicted molar refractivity (Wildman–Crippen MR) is 68.8 cm³/mol. The van der Waals surface area contributed by atoms with E-state index in [1.54, 1.807) is 12.1 Å². The molecule has 5 heteroatoms. The number of carboxylic acids is 1. The van der Waals surface area contributed by atoms with Crippen molar-refractivity contribution in [2.45, 2.75) is 0 Å². The maximum atomic E-state index is 13.2. The fraction of sp³-hybridized carbons (Fsp3) is 0. The second-order valence-corrected chi connectivity index (χ2v) is 4.50. The molecule has 18 heavy (non-hydrogen) atoms. The first-order chi connectivity index (χ1) is 8.47. The maximum absolute atomic E-state index is 13.2. The van der Waals surface area contributed by atoms with Gasteiger partial charge in [0.05, 0.1) is 10.6 Å². The molecule has 0 amide bonds. The van der Waals surface area contributed by atoms with Crippen molar-refractivity contribution in [1.82, 2.24) is 0 Å². The van der Waals surface area contributed by atoms with Gasteiger partial charge >= 0.3 is 5.97 Å². The summed E-state index contributed by atoms with van der Waals surface area (Å²) in [6.07, 6.45) is 0. The van der Waals surface area contributed by atoms with Gasteiger partial charge in [0.25, 0.3) is 0 Å². The van der Waals surface area contributed by atoms with E-state index in [1.807, 2.05) is 0 Å². The molecule has 0 unspecified atom stereocenters. The van der Waals surface area contributed by atoms with Crippen molar-refractivity contribution in [2.24, 2.45) is 0 Å². The van der Waals surface area contributed by atoms with E-state index in [0.29, 0.717) is 11.1 Å². The van der Waals surface area contributed by atoms with Gasteiger partial charge in [-0.15, -0.1) is 0 Å². The smallest absolute Gasteiger partial charge is 0.337 e. The number of rotatable bonds is 2. The summed E-state index contributed by atoms with van der Waals surface area (Å²) in [4.78, 5) is 11.0. The minimum atomic E-state index is -1.13. The van der Waals surface area contributed by atoms with Crippen LogP contribution in [0.4, 0.5) is 4.39 Å². The summed E-state index contributed by atoms with van der Waals surface area (Å²) >= 11 is 11.5. The molecule has 0 spiro atoms. The lowest BCUT2D eigenvalue weighted by molar-refractivity contribution is 0.0697. The molecule has 92 valence electrons. The van der Waals surface area contributed by atoms with Crippen LogP contribution >= 0.6 is 23.2 Å². The maximum Gasteiger partial charge on any atom is 0.337 e. The molecule has 0 atom stereocenters. The summed E-state index contributed by atoms with van der Waals surface area (Å²) in [5, 5.41) is 9.34. The molecule has 0 heterocycles. The number of carbonyl (C=O) groups is 1. The molecule has 0 fully saturated rings. The number of hydrogen-bond acceptors (Lipinski definition) is 1. The van der Waals surface area contributed by atoms with Gasteiger partial charge < -0.3 is 5.11 Å². The minimum Gasteiger partial charge on any atom is -0.478 e. The van der Waals surface area contributed by atoms with Crippen molar-refractivity contribution >= 4 is 29.2 Å². The highest BCUT2D eigenvalue weighted by molar-refractivity contribution is 6.33. The molecule has 0 aliphatic heterocycles. The van der Waals surface area contributed by atoms with E-state index in [2.05, 4.69) is 0 Å². The Morgan fingerprint density at radius 3 is 2.39 bits per heavy atom. The Hall–Kier alpha value is -1.58. The van der Waals surface area contributed by atoms with Crippen LogP contribution in [0.25, 0.3) is 11.1 Å². The average molecular weight is 285 g/mol. The first kappa shape index (κ1) is 12.9. The third-order valence-electron chi connectivity index (χ3n) is 2.39. The topological polar surface area (TPSA) is 37.3 Å². The molecule has 2 rings (SSSR count). The Kier molecular flexibility index (Phi) is 3.55. The van der Waals surface area contributed by atoms with Crippen LogP contribution in [0.1, 0.15) is 10.4 Å². The molecule has 0 saturated carbocycles. The zero-order chi connectivity index (χ0) is 13.3. The summed E-state index contributed by atoms with van der Waals surface area (Å²) in [6, 6.07) is 8.47. The standard InChI is InChI=1S/C13H7Cl2FO2/c14-9-3-8(4-10(16)6-9)7-1-2-12(15)11(5-7)13(17)18/h1-6H,(H,17,18). The summed E-state index contributed by atoms with van der Waals surface area (Å²) in [5.74, 6) is -1.62. The molecule has 0 aliphatic carbocycles. The minimum absolute atomic E-state index is 0.0328. The number of hydrogen-bond donors (Lipinski definition) is 1. The van der Waals surface area contributed by atoms with Crippen LogP contribution in [-0.2, 0) is 0 Å². The Bertz CT molecular complexity index is 606. The SMILES string of the molecule is O=C(O)c1cc(-c2cc(F)cc(Cl)c2)ccc1Cl. The van der Waals surface area contributed by atoms with Crippen molar-refractivity contribution in [1.29, 1.82) is 0 Å². The van der Waals surface area contributed by atoms with Crippen molar-refractivity contribution < 1.29 is 14.3 Å².